The van der Waals surface area contributed by atoms with Crippen molar-refractivity contribution in [1.29, 1.82) is 0 Å². The summed E-state index contributed by atoms with van der Waals surface area (Å²) >= 11 is 3.10. The van der Waals surface area contributed by atoms with Gasteiger partial charge in [0.25, 0.3) is 0 Å². The summed E-state index contributed by atoms with van der Waals surface area (Å²) in [4.78, 5) is 7.69. The van der Waals surface area contributed by atoms with E-state index in [1.165, 1.54) is 13.3 Å². The summed E-state index contributed by atoms with van der Waals surface area (Å²) in [5, 5.41) is 0. The van der Waals surface area contributed by atoms with Gasteiger partial charge in [-0.15, -0.1) is 0 Å². The van der Waals surface area contributed by atoms with Crippen molar-refractivity contribution < 1.29 is 4.74 Å². The Kier molecular flexibility index (Phi) is 2.06. The zero-order chi connectivity index (χ0) is 7.56. The average Bonchev–Trinajstić information content (AvgIpc) is 1.95. The van der Waals surface area contributed by atoms with Crippen LogP contribution in [0, 0.1) is 0 Å². The fourth-order valence-electron chi connectivity index (χ4n) is 0.470. The fraction of sp³-hybridized carbons (Fsp3) is 0.200. The number of hydrogen-bond donors (Lipinski definition) is 1. The maximum atomic E-state index is 5.40. The zero-order valence-corrected chi connectivity index (χ0v) is 6.92. The van der Waals surface area contributed by atoms with Crippen LogP contribution < -0.4 is 10.5 Å². The van der Waals surface area contributed by atoms with Gasteiger partial charge in [-0.2, -0.15) is 4.98 Å². The quantitative estimate of drug-likeness (QED) is 0.735. The zero-order valence-electron chi connectivity index (χ0n) is 5.34. The van der Waals surface area contributed by atoms with E-state index in [-0.39, 0.29) is 0 Å². The van der Waals surface area contributed by atoms with Crippen LogP contribution >= 0.6 is 15.9 Å². The number of nitrogens with zero attached hydrogens (tertiary/aromatic N) is 2. The minimum absolute atomic E-state index is 0.333. The lowest BCUT2D eigenvalue weighted by Crippen LogP contribution is -1.96. The first kappa shape index (κ1) is 7.27. The maximum Gasteiger partial charge on any atom is 0.234 e. The van der Waals surface area contributed by atoms with E-state index in [1.807, 2.05) is 0 Å². The van der Waals surface area contributed by atoms with Crippen LogP contribution in [-0.2, 0) is 0 Å². The number of aromatic nitrogens is 2. The molecule has 0 aliphatic rings. The molecule has 0 fully saturated rings. The lowest BCUT2D eigenvalue weighted by Gasteiger charge is -1.98. The van der Waals surface area contributed by atoms with Crippen LogP contribution in [-0.4, -0.2) is 17.1 Å². The molecule has 4 nitrogen and oxygen atoms in total. The van der Waals surface area contributed by atoms with Gasteiger partial charge in [-0.05, 0) is 15.9 Å². The number of ether oxygens (including phenoxy) is 1. The van der Waals surface area contributed by atoms with Crippen molar-refractivity contribution in [2.75, 3.05) is 12.8 Å². The van der Waals surface area contributed by atoms with Gasteiger partial charge in [0.05, 0.1) is 13.3 Å². The Labute approximate surface area is 66.6 Å². The molecule has 0 atom stereocenters. The number of anilines is 1. The summed E-state index contributed by atoms with van der Waals surface area (Å²) in [6.45, 7) is 0. The van der Waals surface area contributed by atoms with E-state index in [0.29, 0.717) is 16.3 Å². The summed E-state index contributed by atoms with van der Waals surface area (Å²) in [5.41, 5.74) is 5.40. The van der Waals surface area contributed by atoms with Crippen molar-refractivity contribution in [3.63, 3.8) is 0 Å². The SMILES string of the molecule is COc1cnc(Br)c(N)n1. The lowest BCUT2D eigenvalue weighted by molar-refractivity contribution is 0.396. The van der Waals surface area contributed by atoms with Gasteiger partial charge in [-0.1, -0.05) is 0 Å². The molecule has 0 aromatic carbocycles. The molecule has 0 unspecified atom stereocenters. The number of nitrogens with two attached hydrogens (primary N) is 1. The first-order chi connectivity index (χ1) is 4.74. The van der Waals surface area contributed by atoms with Crippen LogP contribution in [0.2, 0.25) is 0 Å². The van der Waals surface area contributed by atoms with Crippen molar-refractivity contribution in [2.45, 2.75) is 0 Å². The molecule has 2 N–H and O–H groups in total. The lowest BCUT2D eigenvalue weighted by atomic mass is 10.7. The molecule has 1 aromatic heterocycles. The average molecular weight is 204 g/mol. The number of halogens is 1. The summed E-state index contributed by atoms with van der Waals surface area (Å²) in [7, 11) is 1.51. The summed E-state index contributed by atoms with van der Waals surface area (Å²) < 4.78 is 5.31. The molecule has 0 spiro atoms. The Morgan fingerprint density at radius 2 is 2.40 bits per heavy atom. The fourth-order valence-corrected chi connectivity index (χ4v) is 0.661. The van der Waals surface area contributed by atoms with E-state index >= 15 is 0 Å². The predicted octanol–water partition coefficient (Wildman–Crippen LogP) is 0.830. The van der Waals surface area contributed by atoms with Crippen LogP contribution in [0.3, 0.4) is 0 Å². The Hall–Kier alpha value is -0.840. The molecule has 0 aliphatic heterocycles. The largest absolute Gasteiger partial charge is 0.480 e. The molecule has 0 saturated heterocycles. The number of rotatable bonds is 1. The molecule has 0 saturated carbocycles. The number of hydrogen-bond acceptors (Lipinski definition) is 4. The standard InChI is InChI=1S/C5H6BrN3O/c1-10-3-2-8-4(6)5(7)9-3/h2H,1H3,(H2,7,9). The Morgan fingerprint density at radius 1 is 1.70 bits per heavy atom. The molecular formula is C5H6BrN3O. The second kappa shape index (κ2) is 2.83. The number of nitrogen functional groups attached to an aromatic ring is 1. The maximum absolute atomic E-state index is 5.40. The number of methoxy groups -OCH3 is 1. The second-order valence-electron chi connectivity index (χ2n) is 1.59. The van der Waals surface area contributed by atoms with Crippen molar-refractivity contribution in [3.8, 4) is 5.88 Å². The summed E-state index contributed by atoms with van der Waals surface area (Å²) in [6.07, 6.45) is 1.49. The van der Waals surface area contributed by atoms with Gasteiger partial charge in [0, 0.05) is 0 Å². The molecule has 0 aliphatic carbocycles. The van der Waals surface area contributed by atoms with Gasteiger partial charge in [-0.3, -0.25) is 0 Å². The van der Waals surface area contributed by atoms with E-state index in [2.05, 4.69) is 25.9 Å². The first-order valence-corrected chi connectivity index (χ1v) is 3.35. The molecule has 0 bridgehead atoms. The Bertz CT molecular complexity index is 240. The molecular weight excluding hydrogens is 198 g/mol. The summed E-state index contributed by atoms with van der Waals surface area (Å²) in [6, 6.07) is 0. The molecule has 1 rings (SSSR count). The highest BCUT2D eigenvalue weighted by Gasteiger charge is 1.98. The van der Waals surface area contributed by atoms with E-state index in [0.717, 1.165) is 0 Å². The second-order valence-corrected chi connectivity index (χ2v) is 2.34. The van der Waals surface area contributed by atoms with Gasteiger partial charge >= 0.3 is 0 Å². The summed E-state index contributed by atoms with van der Waals surface area (Å²) in [5.74, 6) is 0.750. The van der Waals surface area contributed by atoms with E-state index in [4.69, 9.17) is 10.5 Å². The van der Waals surface area contributed by atoms with Gasteiger partial charge in [0.2, 0.25) is 5.88 Å². The van der Waals surface area contributed by atoms with Crippen molar-refractivity contribution >= 4 is 21.7 Å². The van der Waals surface area contributed by atoms with Crippen LogP contribution in [0.1, 0.15) is 0 Å². The van der Waals surface area contributed by atoms with E-state index in [1.54, 1.807) is 0 Å². The smallest absolute Gasteiger partial charge is 0.234 e. The third-order valence-electron chi connectivity index (χ3n) is 0.939. The van der Waals surface area contributed by atoms with E-state index in [9.17, 15) is 0 Å². The minimum Gasteiger partial charge on any atom is -0.480 e. The normalized spacial score (nSPS) is 9.40. The molecule has 0 radical (unpaired) electrons. The highest BCUT2D eigenvalue weighted by atomic mass is 79.9. The minimum atomic E-state index is 0.333. The Balaban J connectivity index is 3.04. The Morgan fingerprint density at radius 3 is 2.90 bits per heavy atom. The van der Waals surface area contributed by atoms with Gasteiger partial charge < -0.3 is 10.5 Å². The van der Waals surface area contributed by atoms with Gasteiger partial charge in [0.1, 0.15) is 4.60 Å². The highest BCUT2D eigenvalue weighted by Crippen LogP contribution is 2.15. The molecule has 1 heterocycles. The van der Waals surface area contributed by atoms with Gasteiger partial charge in [-0.25, -0.2) is 4.98 Å². The topological polar surface area (TPSA) is 61.0 Å². The van der Waals surface area contributed by atoms with Crippen molar-refractivity contribution in [2.24, 2.45) is 0 Å². The molecule has 0 amide bonds. The van der Waals surface area contributed by atoms with Crippen molar-refractivity contribution in [3.05, 3.63) is 10.8 Å². The molecule has 10 heavy (non-hydrogen) atoms. The highest BCUT2D eigenvalue weighted by molar-refractivity contribution is 9.10. The first-order valence-electron chi connectivity index (χ1n) is 2.56. The molecule has 1 aromatic rings. The third-order valence-corrected chi connectivity index (χ3v) is 1.55. The van der Waals surface area contributed by atoms with E-state index < -0.39 is 0 Å². The monoisotopic (exact) mass is 203 g/mol. The van der Waals surface area contributed by atoms with Crippen LogP contribution in [0.15, 0.2) is 10.8 Å². The molecule has 54 valence electrons. The van der Waals surface area contributed by atoms with Gasteiger partial charge in [0.15, 0.2) is 5.82 Å². The third kappa shape index (κ3) is 1.36. The van der Waals surface area contributed by atoms with Crippen molar-refractivity contribution in [1.82, 2.24) is 9.97 Å². The predicted molar refractivity (Wildman–Crippen MR) is 40.7 cm³/mol. The van der Waals surface area contributed by atoms with Crippen LogP contribution in [0.25, 0.3) is 0 Å². The van der Waals surface area contributed by atoms with Crippen LogP contribution in [0.4, 0.5) is 5.82 Å². The van der Waals surface area contributed by atoms with Crippen LogP contribution in [0.5, 0.6) is 5.88 Å². The molecule has 5 heteroatoms.